The molecule has 4 rings (SSSR count). The van der Waals surface area contributed by atoms with Gasteiger partial charge in [0.1, 0.15) is 0 Å². The first-order chi connectivity index (χ1) is 15.2. The number of anilines is 1. The second-order valence-electron chi connectivity index (χ2n) is 9.90. The minimum absolute atomic E-state index is 0.0983. The molecule has 3 aliphatic heterocycles. The van der Waals surface area contributed by atoms with E-state index in [0.717, 1.165) is 43.6 Å². The van der Waals surface area contributed by atoms with Gasteiger partial charge < -0.3 is 9.64 Å². The zero-order chi connectivity index (χ0) is 23.0. The van der Waals surface area contributed by atoms with E-state index in [0.29, 0.717) is 31.0 Å². The molecule has 7 nitrogen and oxygen atoms in total. The third kappa shape index (κ3) is 4.60. The highest BCUT2D eigenvalue weighted by atomic mass is 32.2. The first kappa shape index (κ1) is 23.7. The number of carbonyl (C=O) groups is 1. The zero-order valence-corrected chi connectivity index (χ0v) is 20.6. The smallest absolute Gasteiger partial charge is 0.244 e. The molecule has 3 heterocycles. The van der Waals surface area contributed by atoms with Crippen molar-refractivity contribution in [1.29, 1.82) is 0 Å². The molecule has 8 heteroatoms. The van der Waals surface area contributed by atoms with E-state index in [1.54, 1.807) is 16.4 Å². The highest BCUT2D eigenvalue weighted by molar-refractivity contribution is 7.89. The van der Waals surface area contributed by atoms with Gasteiger partial charge in [-0.3, -0.25) is 9.69 Å². The molecular formula is C24H37N3O4S. The van der Waals surface area contributed by atoms with E-state index in [9.17, 15) is 13.2 Å². The summed E-state index contributed by atoms with van der Waals surface area (Å²) >= 11 is 0. The van der Waals surface area contributed by atoms with Crippen molar-refractivity contribution in [1.82, 2.24) is 9.21 Å². The number of carbonyl (C=O) groups excluding carboxylic acids is 1. The van der Waals surface area contributed by atoms with Crippen molar-refractivity contribution in [2.75, 3.05) is 37.6 Å². The molecule has 1 aromatic carbocycles. The van der Waals surface area contributed by atoms with Crippen LogP contribution in [0.3, 0.4) is 0 Å². The lowest BCUT2D eigenvalue weighted by atomic mass is 9.99. The van der Waals surface area contributed by atoms with Crippen molar-refractivity contribution in [3.63, 3.8) is 0 Å². The van der Waals surface area contributed by atoms with E-state index in [-0.39, 0.29) is 30.1 Å². The van der Waals surface area contributed by atoms with Gasteiger partial charge in [-0.15, -0.1) is 0 Å². The van der Waals surface area contributed by atoms with Crippen molar-refractivity contribution in [2.45, 2.75) is 76.5 Å². The summed E-state index contributed by atoms with van der Waals surface area (Å²) in [5.41, 5.74) is 1.80. The Hall–Kier alpha value is -1.48. The van der Waals surface area contributed by atoms with Crippen LogP contribution in [0.4, 0.5) is 5.69 Å². The quantitative estimate of drug-likeness (QED) is 0.672. The third-order valence-electron chi connectivity index (χ3n) is 6.89. The molecule has 0 aliphatic carbocycles. The third-order valence-corrected chi connectivity index (χ3v) is 8.79. The minimum Gasteiger partial charge on any atom is -0.373 e. The maximum absolute atomic E-state index is 13.7. The lowest BCUT2D eigenvalue weighted by Crippen LogP contribution is -2.57. The number of piperidine rings is 1. The topological polar surface area (TPSA) is 70.2 Å². The van der Waals surface area contributed by atoms with Crippen molar-refractivity contribution < 1.29 is 17.9 Å². The Morgan fingerprint density at radius 1 is 1.03 bits per heavy atom. The molecule has 0 spiro atoms. The second kappa shape index (κ2) is 9.41. The second-order valence-corrected chi connectivity index (χ2v) is 11.8. The van der Waals surface area contributed by atoms with E-state index in [1.165, 1.54) is 0 Å². The van der Waals surface area contributed by atoms with Gasteiger partial charge in [-0.1, -0.05) is 20.3 Å². The summed E-state index contributed by atoms with van der Waals surface area (Å²) < 4.78 is 33.7. The monoisotopic (exact) mass is 463 g/mol. The molecular weight excluding hydrogens is 426 g/mol. The van der Waals surface area contributed by atoms with E-state index in [2.05, 4.69) is 32.6 Å². The number of ether oxygens (including phenoxy) is 1. The van der Waals surface area contributed by atoms with Crippen LogP contribution in [0.15, 0.2) is 23.1 Å². The Labute approximate surface area is 192 Å². The molecule has 3 aliphatic rings. The molecule has 0 radical (unpaired) electrons. The average Bonchev–Trinajstić information content (AvgIpc) is 3.17. The number of fused-ring (bicyclic) bond motifs is 1. The number of nitrogens with zero attached hydrogens (tertiary/aromatic N) is 3. The number of hydrogen-bond donors (Lipinski definition) is 0. The molecule has 2 fully saturated rings. The van der Waals surface area contributed by atoms with Gasteiger partial charge in [-0.05, 0) is 62.8 Å². The normalized spacial score (nSPS) is 26.3. The van der Waals surface area contributed by atoms with Gasteiger partial charge in [-0.2, -0.15) is 4.31 Å². The average molecular weight is 464 g/mol. The van der Waals surface area contributed by atoms with Crippen molar-refractivity contribution in [2.24, 2.45) is 5.92 Å². The fourth-order valence-electron chi connectivity index (χ4n) is 5.49. The fraction of sp³-hybridized carbons (Fsp3) is 0.708. The molecule has 0 N–H and O–H groups in total. The Morgan fingerprint density at radius 2 is 1.69 bits per heavy atom. The fourth-order valence-corrected chi connectivity index (χ4v) is 7.06. The summed E-state index contributed by atoms with van der Waals surface area (Å²) in [5.74, 6) is 0.273. The standard InChI is InChI=1S/C24H37N3O4S/c1-17(2)23(25-15-18(3)31-19(4)16-25)24(28)27-13-10-20-14-21(8-9-22(20)27)32(29,30)26-11-6-5-7-12-26/h8-9,14,17-19,23H,5-7,10-13,15-16H2,1-4H3. The van der Waals surface area contributed by atoms with Gasteiger partial charge in [0.15, 0.2) is 0 Å². The van der Waals surface area contributed by atoms with Crippen molar-refractivity contribution in [3.8, 4) is 0 Å². The van der Waals surface area contributed by atoms with Crippen LogP contribution in [-0.4, -0.2) is 74.5 Å². The van der Waals surface area contributed by atoms with Crippen molar-refractivity contribution >= 4 is 21.6 Å². The van der Waals surface area contributed by atoms with Crippen molar-refractivity contribution in [3.05, 3.63) is 23.8 Å². The largest absolute Gasteiger partial charge is 0.373 e. The first-order valence-corrected chi connectivity index (χ1v) is 13.5. The summed E-state index contributed by atoms with van der Waals surface area (Å²) in [6.07, 6.45) is 3.81. The molecule has 3 atom stereocenters. The lowest BCUT2D eigenvalue weighted by molar-refractivity contribution is -0.132. The first-order valence-electron chi connectivity index (χ1n) is 12.0. The number of benzene rings is 1. The van der Waals surface area contributed by atoms with Gasteiger partial charge in [0.05, 0.1) is 23.1 Å². The summed E-state index contributed by atoms with van der Waals surface area (Å²) in [5, 5.41) is 0. The van der Waals surface area contributed by atoms with Crippen LogP contribution >= 0.6 is 0 Å². The molecule has 1 aromatic rings. The number of sulfonamides is 1. The minimum atomic E-state index is -3.47. The van der Waals surface area contributed by atoms with E-state index < -0.39 is 10.0 Å². The van der Waals surface area contributed by atoms with Crippen LogP contribution in [0.5, 0.6) is 0 Å². The SMILES string of the molecule is CC1CN(C(C(=O)N2CCc3cc(S(=O)(=O)N4CCCCC4)ccc32)C(C)C)CC(C)O1. The van der Waals surface area contributed by atoms with Crippen LogP contribution < -0.4 is 4.90 Å². The van der Waals surface area contributed by atoms with Gasteiger partial charge in [0.25, 0.3) is 0 Å². The summed E-state index contributed by atoms with van der Waals surface area (Å²) in [4.78, 5) is 18.2. The Bertz CT molecular complexity index is 933. The van der Waals surface area contributed by atoms with Crippen LogP contribution in [0, 0.1) is 5.92 Å². The van der Waals surface area contributed by atoms with E-state index >= 15 is 0 Å². The van der Waals surface area contributed by atoms with Gasteiger partial charge in [0, 0.05) is 38.4 Å². The molecule has 32 heavy (non-hydrogen) atoms. The van der Waals surface area contributed by atoms with E-state index in [4.69, 9.17) is 4.74 Å². The zero-order valence-electron chi connectivity index (χ0n) is 19.8. The number of hydrogen-bond acceptors (Lipinski definition) is 5. The maximum Gasteiger partial charge on any atom is 0.244 e. The molecule has 2 saturated heterocycles. The molecule has 178 valence electrons. The molecule has 0 saturated carbocycles. The predicted octanol–water partition coefficient (Wildman–Crippen LogP) is 2.88. The maximum atomic E-state index is 13.7. The molecule has 0 aromatic heterocycles. The van der Waals surface area contributed by atoms with Crippen LogP contribution in [0.2, 0.25) is 0 Å². The van der Waals surface area contributed by atoms with Crippen LogP contribution in [-0.2, 0) is 26.0 Å². The van der Waals surface area contributed by atoms with Crippen LogP contribution in [0.25, 0.3) is 0 Å². The van der Waals surface area contributed by atoms with Gasteiger partial charge in [-0.25, -0.2) is 8.42 Å². The summed E-state index contributed by atoms with van der Waals surface area (Å²) in [6.45, 7) is 11.6. The van der Waals surface area contributed by atoms with Crippen LogP contribution in [0.1, 0.15) is 52.5 Å². The number of amides is 1. The number of rotatable bonds is 5. The lowest BCUT2D eigenvalue weighted by Gasteiger charge is -2.42. The number of morpholine rings is 1. The highest BCUT2D eigenvalue weighted by Gasteiger charge is 2.39. The molecule has 3 unspecified atom stereocenters. The van der Waals surface area contributed by atoms with E-state index in [1.807, 2.05) is 11.0 Å². The Balaban J connectivity index is 1.56. The van der Waals surface area contributed by atoms with Gasteiger partial charge in [0.2, 0.25) is 15.9 Å². The predicted molar refractivity (Wildman–Crippen MR) is 125 cm³/mol. The Morgan fingerprint density at radius 3 is 2.31 bits per heavy atom. The molecule has 1 amide bonds. The summed E-state index contributed by atoms with van der Waals surface area (Å²) in [7, 11) is -3.47. The highest BCUT2D eigenvalue weighted by Crippen LogP contribution is 2.33. The Kier molecular flexibility index (Phi) is 6.96. The molecule has 0 bridgehead atoms. The summed E-state index contributed by atoms with van der Waals surface area (Å²) in [6, 6.07) is 5.08. The van der Waals surface area contributed by atoms with Gasteiger partial charge >= 0.3 is 0 Å².